The van der Waals surface area contributed by atoms with Crippen molar-refractivity contribution in [2.45, 2.75) is 85.0 Å². The number of anilines is 1. The Hall–Kier alpha value is -9.70. The summed E-state index contributed by atoms with van der Waals surface area (Å²) >= 11 is 3.56. The van der Waals surface area contributed by atoms with Crippen LogP contribution in [0.5, 0.6) is 0 Å². The molecular formula is C79H64N6S2. The summed E-state index contributed by atoms with van der Waals surface area (Å²) < 4.78 is 11.6. The number of thiophene rings is 2. The average Bonchev–Trinajstić information content (AvgIpc) is 1.85. The zero-order chi connectivity index (χ0) is 60.2. The number of fused-ring (bicyclic) bond motifs is 17. The Morgan fingerprint density at radius 3 is 1.54 bits per heavy atom. The zero-order valence-electron chi connectivity index (χ0n) is 50.5. The van der Waals surface area contributed by atoms with E-state index >= 15 is 0 Å². The van der Waals surface area contributed by atoms with Gasteiger partial charge >= 0.3 is 0 Å². The number of aromatic nitrogens is 3. The summed E-state index contributed by atoms with van der Waals surface area (Å²) in [5, 5.41) is 37.1. The van der Waals surface area contributed by atoms with E-state index in [1.54, 1.807) is 22.7 Å². The van der Waals surface area contributed by atoms with E-state index in [4.69, 9.17) is 13.2 Å². The average molecular weight is 1160 g/mol. The maximum Gasteiger partial charge on any atom is 0.104 e. The van der Waals surface area contributed by atoms with Gasteiger partial charge in [0.25, 0.3) is 0 Å². The number of nitrogens with zero attached hydrogens (tertiary/aromatic N) is 6. The number of hydrogen-bond donors (Lipinski definition) is 0. The third kappa shape index (κ3) is 8.01. The van der Waals surface area contributed by atoms with Gasteiger partial charge in [-0.15, -0.1) is 22.7 Å². The van der Waals surface area contributed by atoms with Gasteiger partial charge in [0.1, 0.15) is 23.3 Å². The van der Waals surface area contributed by atoms with E-state index in [0.29, 0.717) is 51.7 Å². The zero-order valence-corrected chi connectivity index (χ0v) is 52.2. The molecule has 0 bridgehead atoms. The fourth-order valence-corrected chi connectivity index (χ4v) is 16.3. The van der Waals surface area contributed by atoms with Gasteiger partial charge in [-0.1, -0.05) is 197 Å². The van der Waals surface area contributed by atoms with E-state index in [9.17, 15) is 10.5 Å². The van der Waals surface area contributed by atoms with E-state index < -0.39 is 0 Å². The molecule has 0 aliphatic carbocycles. The van der Waals surface area contributed by atoms with Gasteiger partial charge in [0.2, 0.25) is 0 Å². The van der Waals surface area contributed by atoms with Crippen molar-refractivity contribution in [1.29, 1.82) is 10.5 Å². The van der Waals surface area contributed by atoms with Gasteiger partial charge in [0.05, 0.1) is 65.2 Å². The van der Waals surface area contributed by atoms with Gasteiger partial charge in [-0.3, -0.25) is 0 Å². The first-order chi connectivity index (χ1) is 41.9. The van der Waals surface area contributed by atoms with Crippen LogP contribution in [0.2, 0.25) is 0 Å². The Balaban J connectivity index is 1.28. The third-order valence-electron chi connectivity index (χ3n) is 18.0. The molecular weight excluding hydrogens is 1100 g/mol. The van der Waals surface area contributed by atoms with Crippen LogP contribution in [0, 0.1) is 22.7 Å². The molecule has 87 heavy (non-hydrogen) atoms. The molecule has 0 amide bonds. The second-order valence-electron chi connectivity index (χ2n) is 26.4. The summed E-state index contributed by atoms with van der Waals surface area (Å²) in [4.78, 5) is 2.09. The Kier molecular flexibility index (Phi) is 12.0. The molecule has 8 heteroatoms. The highest BCUT2D eigenvalue weighted by Gasteiger charge is 2.38. The van der Waals surface area contributed by atoms with Crippen molar-refractivity contribution in [3.63, 3.8) is 0 Å². The molecule has 6 nitrogen and oxygen atoms in total. The summed E-state index contributed by atoms with van der Waals surface area (Å²) in [6, 6.07) is 61.2. The van der Waals surface area contributed by atoms with Gasteiger partial charge in [-0.25, -0.2) is 0 Å². The minimum atomic E-state index is -0.254. The van der Waals surface area contributed by atoms with Crippen molar-refractivity contribution in [1.82, 2.24) is 13.7 Å². The minimum Gasteiger partial charge on any atom is -0.308 e. The SMILES string of the molecule is C=C1/C=C\C=C/C/C=C\C(=C)N1c1c(C#N)c(-n2c3ccc(C(C)(C)C)cc3c3cc(C(C)(C)C)c4c5ccccc5sc4c32)c(C#N)c(-n2c3ccccc3c3ccccc32)c1-n1c2ccc(C(C)(C)C)cc2c2ccc3c4ccccc4sc3c21. The van der Waals surface area contributed by atoms with Gasteiger partial charge < -0.3 is 18.6 Å². The van der Waals surface area contributed by atoms with Crippen LogP contribution in [0.15, 0.2) is 213 Å². The van der Waals surface area contributed by atoms with E-state index in [-0.39, 0.29) is 16.2 Å². The first-order valence-corrected chi connectivity index (χ1v) is 31.5. The lowest BCUT2D eigenvalue weighted by molar-refractivity contribution is 0.591. The Morgan fingerprint density at radius 1 is 0.414 bits per heavy atom. The molecule has 9 aromatic carbocycles. The first-order valence-electron chi connectivity index (χ1n) is 29.9. The number of rotatable bonds is 4. The predicted molar refractivity (Wildman–Crippen MR) is 374 cm³/mol. The van der Waals surface area contributed by atoms with E-state index in [1.807, 2.05) is 24.3 Å². The second-order valence-corrected chi connectivity index (χ2v) is 28.5. The van der Waals surface area contributed by atoms with Crippen LogP contribution < -0.4 is 4.90 Å². The lowest BCUT2D eigenvalue weighted by Crippen LogP contribution is -2.25. The summed E-state index contributed by atoms with van der Waals surface area (Å²) in [7, 11) is 0. The molecule has 1 aliphatic heterocycles. The summed E-state index contributed by atoms with van der Waals surface area (Å²) in [5.74, 6) is 0. The van der Waals surface area contributed by atoms with Crippen LogP contribution in [0.25, 0.3) is 123 Å². The molecule has 0 unspecified atom stereocenters. The van der Waals surface area contributed by atoms with Crippen molar-refractivity contribution < 1.29 is 0 Å². The number of nitriles is 2. The van der Waals surface area contributed by atoms with Crippen LogP contribution in [-0.2, 0) is 16.2 Å². The molecule has 0 fully saturated rings. The van der Waals surface area contributed by atoms with Crippen LogP contribution in [0.4, 0.5) is 5.69 Å². The number of allylic oxidation sites excluding steroid dienone is 6. The van der Waals surface area contributed by atoms with Crippen LogP contribution in [0.1, 0.15) is 96.6 Å². The minimum absolute atomic E-state index is 0.180. The monoisotopic (exact) mass is 1160 g/mol. The van der Waals surface area contributed by atoms with E-state index in [1.165, 1.54) is 42.2 Å². The second kappa shape index (κ2) is 19.4. The quantitative estimate of drug-likeness (QED) is 0.176. The molecule has 5 aromatic heterocycles. The highest BCUT2D eigenvalue weighted by molar-refractivity contribution is 7.27. The van der Waals surface area contributed by atoms with Crippen LogP contribution in [-0.4, -0.2) is 13.7 Å². The molecule has 0 atom stereocenters. The molecule has 1 aliphatic rings. The van der Waals surface area contributed by atoms with Gasteiger partial charge in [-0.05, 0) is 106 Å². The standard InChI is InChI=1S/C79H64N6S2/c1-46-25-15-13-12-14-16-26-47(2)82(46)70-59(44-80)69(84-65-40-36-49(78(6,7)8)42-57(65)58-43-61(79(9,10)11)68-55-30-20-24-34-67(55)87-76(68)73(58)84)60(45-81)71(83-62-31-21-17-27-50(62)51-28-18-22-32-63(51)83)74(70)85-64-39-35-48(77(3,4)5)41-56(64)53-37-38-54-52-29-19-23-33-66(52)86-75(54)72(53)85/h12-13,15-43H,1-2,14H2,3-11H3/b13-12-,25-15-,26-16-. The molecule has 15 rings (SSSR count). The molecule has 0 N–H and O–H groups in total. The van der Waals surface area contributed by atoms with E-state index in [2.05, 4.69) is 257 Å². The molecule has 14 aromatic rings. The smallest absolute Gasteiger partial charge is 0.104 e. The van der Waals surface area contributed by atoms with E-state index in [0.717, 1.165) is 80.2 Å². The lowest BCUT2D eigenvalue weighted by atomic mass is 9.82. The highest BCUT2D eigenvalue weighted by atomic mass is 32.1. The van der Waals surface area contributed by atoms with Gasteiger partial charge in [-0.2, -0.15) is 10.5 Å². The summed E-state index contributed by atoms with van der Waals surface area (Å²) in [6.45, 7) is 30.3. The number of para-hydroxylation sites is 2. The maximum absolute atomic E-state index is 13.1. The topological polar surface area (TPSA) is 65.6 Å². The van der Waals surface area contributed by atoms with Gasteiger partial charge in [0, 0.05) is 74.7 Å². The summed E-state index contributed by atoms with van der Waals surface area (Å²) in [5.41, 5.74) is 12.8. The number of benzene rings is 9. The largest absolute Gasteiger partial charge is 0.308 e. The third-order valence-corrected chi connectivity index (χ3v) is 20.3. The lowest BCUT2D eigenvalue weighted by Gasteiger charge is -2.33. The summed E-state index contributed by atoms with van der Waals surface area (Å²) in [6.07, 6.45) is 13.0. The fraction of sp³-hybridized carbons (Fsp3) is 0.165. The van der Waals surface area contributed by atoms with Crippen molar-refractivity contribution in [2.24, 2.45) is 0 Å². The Morgan fingerprint density at radius 2 is 0.920 bits per heavy atom. The Bertz CT molecular complexity index is 5510. The van der Waals surface area contributed by atoms with Crippen molar-refractivity contribution in [3.8, 4) is 29.2 Å². The molecule has 0 saturated heterocycles. The van der Waals surface area contributed by atoms with Gasteiger partial charge in [0.15, 0.2) is 0 Å². The molecule has 0 radical (unpaired) electrons. The van der Waals surface area contributed by atoms with Crippen LogP contribution in [0.3, 0.4) is 0 Å². The molecule has 6 heterocycles. The highest BCUT2D eigenvalue weighted by Crippen LogP contribution is 2.54. The Labute approximate surface area is 514 Å². The fourth-order valence-electron chi connectivity index (χ4n) is 13.8. The first kappa shape index (κ1) is 54.0. The van der Waals surface area contributed by atoms with Crippen LogP contribution >= 0.6 is 22.7 Å². The molecule has 0 spiro atoms. The van der Waals surface area contributed by atoms with Crippen molar-refractivity contribution >= 4 is 134 Å². The molecule has 0 saturated carbocycles. The molecule has 422 valence electrons. The number of hydrogen-bond acceptors (Lipinski definition) is 5. The van der Waals surface area contributed by atoms with Crippen molar-refractivity contribution in [3.05, 3.63) is 240 Å². The normalized spacial score (nSPS) is 15.0. The van der Waals surface area contributed by atoms with Crippen molar-refractivity contribution in [2.75, 3.05) is 4.90 Å². The maximum atomic E-state index is 13.1. The predicted octanol–water partition coefficient (Wildman–Crippen LogP) is 22.3.